The molecule has 2 N–H and O–H groups in total. The van der Waals surface area contributed by atoms with Crippen LogP contribution >= 0.6 is 11.8 Å². The minimum absolute atomic E-state index is 0.0815. The van der Waals surface area contributed by atoms with Gasteiger partial charge in [-0.25, -0.2) is 0 Å². The van der Waals surface area contributed by atoms with Gasteiger partial charge in [-0.3, -0.25) is 0 Å². The number of fused-ring (bicyclic) bond motifs is 1. The van der Waals surface area contributed by atoms with Gasteiger partial charge in [0.2, 0.25) is 0 Å². The van der Waals surface area contributed by atoms with E-state index in [1.807, 2.05) is 11.8 Å². The van der Waals surface area contributed by atoms with Crippen molar-refractivity contribution < 1.29 is 4.74 Å². The first-order chi connectivity index (χ1) is 8.71. The van der Waals surface area contributed by atoms with Crippen molar-refractivity contribution in [2.75, 3.05) is 12.4 Å². The molecule has 0 aromatic heterocycles. The zero-order valence-electron chi connectivity index (χ0n) is 10.9. The van der Waals surface area contributed by atoms with Gasteiger partial charge in [0.25, 0.3) is 0 Å². The molecule has 2 aliphatic rings. The standard InChI is InChI=1S/C15H21NOS/c1-15(8-4-10-18-15)14(16)12-7-2-5-11-6-3-9-17-13(11)12/h2,5,7,14H,3-4,6,8-10,16H2,1H3. The number of hydrogen-bond acceptors (Lipinski definition) is 3. The van der Waals surface area contributed by atoms with Crippen LogP contribution in [0, 0.1) is 0 Å². The molecule has 0 saturated carbocycles. The fraction of sp³-hybridized carbons (Fsp3) is 0.600. The Labute approximate surface area is 113 Å². The maximum atomic E-state index is 6.56. The van der Waals surface area contributed by atoms with Crippen LogP contribution in [0.2, 0.25) is 0 Å². The molecular formula is C15H21NOS. The van der Waals surface area contributed by atoms with Gasteiger partial charge in [0.05, 0.1) is 6.61 Å². The van der Waals surface area contributed by atoms with Gasteiger partial charge in [-0.15, -0.1) is 0 Å². The van der Waals surface area contributed by atoms with Gasteiger partial charge < -0.3 is 10.5 Å². The third-order valence-corrected chi connectivity index (χ3v) is 5.82. The fourth-order valence-electron chi connectivity index (χ4n) is 3.03. The monoisotopic (exact) mass is 263 g/mol. The van der Waals surface area contributed by atoms with Crippen molar-refractivity contribution in [3.63, 3.8) is 0 Å². The zero-order valence-corrected chi connectivity index (χ0v) is 11.8. The molecule has 2 nitrogen and oxygen atoms in total. The molecule has 0 amide bonds. The van der Waals surface area contributed by atoms with E-state index in [4.69, 9.17) is 10.5 Å². The lowest BCUT2D eigenvalue weighted by molar-refractivity contribution is 0.281. The van der Waals surface area contributed by atoms with Crippen LogP contribution in [0.15, 0.2) is 18.2 Å². The summed E-state index contributed by atoms with van der Waals surface area (Å²) in [7, 11) is 0. The molecule has 18 heavy (non-hydrogen) atoms. The molecule has 2 unspecified atom stereocenters. The van der Waals surface area contributed by atoms with Crippen molar-refractivity contribution >= 4 is 11.8 Å². The fourth-order valence-corrected chi connectivity index (χ4v) is 4.38. The van der Waals surface area contributed by atoms with E-state index in [0.717, 1.165) is 25.2 Å². The summed E-state index contributed by atoms with van der Waals surface area (Å²) in [5.41, 5.74) is 9.10. The molecule has 0 bridgehead atoms. The summed E-state index contributed by atoms with van der Waals surface area (Å²) in [6.07, 6.45) is 4.74. The second-order valence-corrected chi connectivity index (χ2v) is 7.16. The van der Waals surface area contributed by atoms with Crippen molar-refractivity contribution in [1.82, 2.24) is 0 Å². The average Bonchev–Trinajstić information content (AvgIpc) is 2.85. The minimum atomic E-state index is 0.0815. The lowest BCUT2D eigenvalue weighted by atomic mass is 9.88. The van der Waals surface area contributed by atoms with E-state index in [1.54, 1.807) is 0 Å². The molecule has 2 atom stereocenters. The van der Waals surface area contributed by atoms with Gasteiger partial charge in [-0.1, -0.05) is 18.2 Å². The Balaban J connectivity index is 1.96. The molecule has 1 aromatic rings. The summed E-state index contributed by atoms with van der Waals surface area (Å²) in [5, 5.41) is 0. The van der Waals surface area contributed by atoms with Crippen LogP contribution in [-0.4, -0.2) is 17.1 Å². The Morgan fingerprint density at radius 3 is 3.06 bits per heavy atom. The number of ether oxygens (including phenoxy) is 1. The zero-order chi connectivity index (χ0) is 12.6. The predicted octanol–water partition coefficient (Wildman–Crippen LogP) is 3.30. The first-order valence-corrected chi connectivity index (χ1v) is 7.83. The summed E-state index contributed by atoms with van der Waals surface area (Å²) < 4.78 is 6.07. The van der Waals surface area contributed by atoms with Gasteiger partial charge in [0, 0.05) is 16.4 Å². The van der Waals surface area contributed by atoms with Gasteiger partial charge in [-0.05, 0) is 43.9 Å². The largest absolute Gasteiger partial charge is 0.493 e. The van der Waals surface area contributed by atoms with E-state index in [9.17, 15) is 0 Å². The highest BCUT2D eigenvalue weighted by molar-refractivity contribution is 8.00. The number of hydrogen-bond donors (Lipinski definition) is 1. The molecule has 3 rings (SSSR count). The SMILES string of the molecule is CC1(C(N)c2cccc3c2OCCC3)CCCS1. The van der Waals surface area contributed by atoms with E-state index >= 15 is 0 Å². The van der Waals surface area contributed by atoms with E-state index in [1.165, 1.54) is 29.7 Å². The Morgan fingerprint density at radius 2 is 2.28 bits per heavy atom. The van der Waals surface area contributed by atoms with E-state index < -0.39 is 0 Å². The molecule has 1 fully saturated rings. The summed E-state index contributed by atoms with van der Waals surface area (Å²) >= 11 is 2.02. The minimum Gasteiger partial charge on any atom is -0.493 e. The number of benzene rings is 1. The Morgan fingerprint density at radius 1 is 1.39 bits per heavy atom. The van der Waals surface area contributed by atoms with Crippen LogP contribution in [0.1, 0.15) is 43.4 Å². The van der Waals surface area contributed by atoms with E-state index in [0.29, 0.717) is 0 Å². The van der Waals surface area contributed by atoms with Crippen molar-refractivity contribution in [2.45, 2.75) is 43.4 Å². The third-order valence-electron chi connectivity index (χ3n) is 4.21. The van der Waals surface area contributed by atoms with E-state index in [2.05, 4.69) is 25.1 Å². The van der Waals surface area contributed by atoms with Gasteiger partial charge in [-0.2, -0.15) is 11.8 Å². The highest BCUT2D eigenvalue weighted by atomic mass is 32.2. The first-order valence-electron chi connectivity index (χ1n) is 6.85. The van der Waals surface area contributed by atoms with Gasteiger partial charge in [0.1, 0.15) is 5.75 Å². The molecule has 0 aliphatic carbocycles. The van der Waals surface area contributed by atoms with Crippen molar-refractivity contribution in [1.29, 1.82) is 0 Å². The molecule has 0 radical (unpaired) electrons. The second-order valence-electron chi connectivity index (χ2n) is 5.53. The van der Waals surface area contributed by atoms with Crippen LogP contribution < -0.4 is 10.5 Å². The smallest absolute Gasteiger partial charge is 0.127 e. The summed E-state index contributed by atoms with van der Waals surface area (Å²) in [4.78, 5) is 0. The summed E-state index contributed by atoms with van der Waals surface area (Å²) in [5.74, 6) is 2.31. The number of nitrogens with two attached hydrogens (primary N) is 1. The summed E-state index contributed by atoms with van der Waals surface area (Å²) in [6, 6.07) is 6.54. The number of para-hydroxylation sites is 1. The number of rotatable bonds is 2. The topological polar surface area (TPSA) is 35.2 Å². The number of aryl methyl sites for hydroxylation is 1. The highest BCUT2D eigenvalue weighted by Crippen LogP contribution is 2.48. The summed E-state index contributed by atoms with van der Waals surface area (Å²) in [6.45, 7) is 3.14. The molecule has 1 aromatic carbocycles. The van der Waals surface area contributed by atoms with Crippen molar-refractivity contribution in [2.24, 2.45) is 5.73 Å². The number of thioether (sulfide) groups is 1. The van der Waals surface area contributed by atoms with E-state index in [-0.39, 0.29) is 10.8 Å². The van der Waals surface area contributed by atoms with Crippen LogP contribution in [0.4, 0.5) is 0 Å². The maximum Gasteiger partial charge on any atom is 0.127 e. The molecule has 3 heteroatoms. The van der Waals surface area contributed by atoms with Crippen molar-refractivity contribution in [3.8, 4) is 5.75 Å². The third kappa shape index (κ3) is 2.04. The van der Waals surface area contributed by atoms with Crippen LogP contribution in [0.5, 0.6) is 5.75 Å². The average molecular weight is 263 g/mol. The molecule has 2 aliphatic heterocycles. The maximum absolute atomic E-state index is 6.56. The molecule has 1 saturated heterocycles. The lowest BCUT2D eigenvalue weighted by Gasteiger charge is -2.33. The molecule has 98 valence electrons. The van der Waals surface area contributed by atoms with Gasteiger partial charge in [0.15, 0.2) is 0 Å². The second kappa shape index (κ2) is 4.78. The highest BCUT2D eigenvalue weighted by Gasteiger charge is 2.38. The Bertz CT molecular complexity index is 440. The van der Waals surface area contributed by atoms with Gasteiger partial charge >= 0.3 is 0 Å². The van der Waals surface area contributed by atoms with Crippen LogP contribution in [0.25, 0.3) is 0 Å². The van der Waals surface area contributed by atoms with Crippen LogP contribution in [-0.2, 0) is 6.42 Å². The predicted molar refractivity (Wildman–Crippen MR) is 77.3 cm³/mol. The van der Waals surface area contributed by atoms with Crippen LogP contribution in [0.3, 0.4) is 0 Å². The lowest BCUT2D eigenvalue weighted by Crippen LogP contribution is -2.33. The molecular weight excluding hydrogens is 242 g/mol. The molecule has 0 spiro atoms. The normalized spacial score (nSPS) is 28.6. The molecule has 2 heterocycles. The Hall–Kier alpha value is -0.670. The van der Waals surface area contributed by atoms with Crippen molar-refractivity contribution in [3.05, 3.63) is 29.3 Å². The first kappa shape index (κ1) is 12.4. The Kier molecular flexibility index (Phi) is 3.29. The quantitative estimate of drug-likeness (QED) is 0.889.